The molecule has 0 aliphatic heterocycles. The average Bonchev–Trinajstić information content (AvgIpc) is 3.21. The summed E-state index contributed by atoms with van der Waals surface area (Å²) in [6.45, 7) is 3.15. The van der Waals surface area contributed by atoms with Gasteiger partial charge in [-0.15, -0.1) is 11.3 Å². The molecule has 1 heterocycles. The first-order valence-electron chi connectivity index (χ1n) is 7.58. The topological polar surface area (TPSA) is 24.9 Å². The van der Waals surface area contributed by atoms with Gasteiger partial charge in [-0.3, -0.25) is 0 Å². The summed E-state index contributed by atoms with van der Waals surface area (Å²) in [7, 11) is 0. The highest BCUT2D eigenvalue weighted by Crippen LogP contribution is 2.22. The van der Waals surface area contributed by atoms with Crippen molar-refractivity contribution in [3.8, 4) is 0 Å². The van der Waals surface area contributed by atoms with Crippen molar-refractivity contribution in [2.45, 2.75) is 38.6 Å². The van der Waals surface area contributed by atoms with E-state index in [0.29, 0.717) is 5.92 Å². The summed E-state index contributed by atoms with van der Waals surface area (Å²) < 4.78 is 0. The van der Waals surface area contributed by atoms with Gasteiger partial charge >= 0.3 is 0 Å². The molecule has 1 aromatic heterocycles. The van der Waals surface area contributed by atoms with Crippen LogP contribution < -0.4 is 5.32 Å². The average molecular weight is 321 g/mol. The first-order chi connectivity index (χ1) is 10.2. The van der Waals surface area contributed by atoms with Gasteiger partial charge in [-0.25, -0.2) is 4.98 Å². The third-order valence-electron chi connectivity index (χ3n) is 3.87. The quantitative estimate of drug-likeness (QED) is 0.824. The largest absolute Gasteiger partial charge is 0.314 e. The number of halogens is 1. The normalized spacial score (nSPS) is 16.1. The molecular weight excluding hydrogens is 300 g/mol. The van der Waals surface area contributed by atoms with Crippen LogP contribution in [0.15, 0.2) is 29.6 Å². The number of thiazole rings is 1. The van der Waals surface area contributed by atoms with Gasteiger partial charge in [0, 0.05) is 16.4 Å². The van der Waals surface area contributed by atoms with E-state index in [2.05, 4.69) is 34.7 Å². The SMILES string of the molecule is Cc1nc(CC(CNC2CC2)Cc2ccc(Cl)cc2)cs1. The monoisotopic (exact) mass is 320 g/mol. The van der Waals surface area contributed by atoms with E-state index in [4.69, 9.17) is 11.6 Å². The number of nitrogens with zero attached hydrogens (tertiary/aromatic N) is 1. The van der Waals surface area contributed by atoms with Crippen molar-refractivity contribution in [3.05, 3.63) is 50.9 Å². The van der Waals surface area contributed by atoms with Crippen LogP contribution in [-0.2, 0) is 12.8 Å². The highest BCUT2D eigenvalue weighted by atomic mass is 35.5. The lowest BCUT2D eigenvalue weighted by atomic mass is 9.95. The molecule has 21 heavy (non-hydrogen) atoms. The van der Waals surface area contributed by atoms with Crippen molar-refractivity contribution < 1.29 is 0 Å². The molecule has 1 aliphatic carbocycles. The molecule has 2 nitrogen and oxygen atoms in total. The first kappa shape index (κ1) is 15.0. The zero-order valence-electron chi connectivity index (χ0n) is 12.3. The Hall–Kier alpha value is -0.900. The molecule has 0 radical (unpaired) electrons. The van der Waals surface area contributed by atoms with Gasteiger partial charge in [-0.2, -0.15) is 0 Å². The fourth-order valence-corrected chi connectivity index (χ4v) is 3.34. The molecule has 1 aromatic carbocycles. The number of aromatic nitrogens is 1. The van der Waals surface area contributed by atoms with Gasteiger partial charge in [0.1, 0.15) is 0 Å². The third kappa shape index (κ3) is 4.80. The summed E-state index contributed by atoms with van der Waals surface area (Å²) in [4.78, 5) is 4.62. The van der Waals surface area contributed by atoms with Crippen LogP contribution in [-0.4, -0.2) is 17.6 Å². The van der Waals surface area contributed by atoms with Crippen LogP contribution in [0.4, 0.5) is 0 Å². The van der Waals surface area contributed by atoms with Crippen molar-refractivity contribution >= 4 is 22.9 Å². The van der Waals surface area contributed by atoms with Gasteiger partial charge in [-0.1, -0.05) is 23.7 Å². The maximum Gasteiger partial charge on any atom is 0.0897 e. The Kier molecular flexibility index (Phi) is 4.94. The molecular formula is C17H21ClN2S. The summed E-state index contributed by atoms with van der Waals surface area (Å²) in [6.07, 6.45) is 4.80. The van der Waals surface area contributed by atoms with E-state index in [-0.39, 0.29) is 0 Å². The van der Waals surface area contributed by atoms with Gasteiger partial charge in [0.15, 0.2) is 0 Å². The second-order valence-electron chi connectivity index (χ2n) is 5.94. The van der Waals surface area contributed by atoms with Crippen molar-refractivity contribution in [2.75, 3.05) is 6.54 Å². The highest BCUT2D eigenvalue weighted by Gasteiger charge is 2.22. The van der Waals surface area contributed by atoms with Crippen LogP contribution in [0.2, 0.25) is 5.02 Å². The molecule has 1 N–H and O–H groups in total. The van der Waals surface area contributed by atoms with Crippen LogP contribution in [0.3, 0.4) is 0 Å². The minimum absolute atomic E-state index is 0.591. The molecule has 0 bridgehead atoms. The van der Waals surface area contributed by atoms with E-state index in [1.807, 2.05) is 12.1 Å². The first-order valence-corrected chi connectivity index (χ1v) is 8.83. The van der Waals surface area contributed by atoms with Crippen LogP contribution in [0.5, 0.6) is 0 Å². The standard InChI is InChI=1S/C17H21ClN2S/c1-12-20-17(11-21-12)9-14(10-19-16-6-7-16)8-13-2-4-15(18)5-3-13/h2-5,11,14,16,19H,6-10H2,1H3. The predicted molar refractivity (Wildman–Crippen MR) is 90.2 cm³/mol. The third-order valence-corrected chi connectivity index (χ3v) is 4.95. The number of hydrogen-bond donors (Lipinski definition) is 1. The summed E-state index contributed by atoms with van der Waals surface area (Å²) >= 11 is 7.71. The van der Waals surface area contributed by atoms with Crippen molar-refractivity contribution in [1.82, 2.24) is 10.3 Å². The predicted octanol–water partition coefficient (Wildman–Crippen LogP) is 4.26. The fraction of sp³-hybridized carbons (Fsp3) is 0.471. The lowest BCUT2D eigenvalue weighted by molar-refractivity contribution is 0.465. The summed E-state index contributed by atoms with van der Waals surface area (Å²) in [5.74, 6) is 0.591. The molecule has 2 aromatic rings. The van der Waals surface area contributed by atoms with Crippen molar-refractivity contribution in [2.24, 2.45) is 5.92 Å². The smallest absolute Gasteiger partial charge is 0.0897 e. The van der Waals surface area contributed by atoms with Gasteiger partial charge < -0.3 is 5.32 Å². The molecule has 0 saturated heterocycles. The van der Waals surface area contributed by atoms with Crippen molar-refractivity contribution in [1.29, 1.82) is 0 Å². The molecule has 3 rings (SSSR count). The zero-order valence-corrected chi connectivity index (χ0v) is 13.9. The lowest BCUT2D eigenvalue weighted by Gasteiger charge is -2.17. The number of aryl methyl sites for hydroxylation is 1. The maximum atomic E-state index is 5.97. The molecule has 112 valence electrons. The molecule has 0 amide bonds. The van der Waals surface area contributed by atoms with E-state index >= 15 is 0 Å². The second kappa shape index (κ2) is 6.91. The molecule has 1 atom stereocenters. The minimum Gasteiger partial charge on any atom is -0.314 e. The van der Waals surface area contributed by atoms with Crippen LogP contribution in [0.1, 0.15) is 29.1 Å². The zero-order chi connectivity index (χ0) is 14.7. The van der Waals surface area contributed by atoms with Gasteiger partial charge in [0.2, 0.25) is 0 Å². The number of hydrogen-bond acceptors (Lipinski definition) is 3. The molecule has 4 heteroatoms. The molecule has 1 saturated carbocycles. The summed E-state index contributed by atoms with van der Waals surface area (Å²) in [6, 6.07) is 9.00. The Balaban J connectivity index is 1.63. The highest BCUT2D eigenvalue weighted by molar-refractivity contribution is 7.09. The van der Waals surface area contributed by atoms with Gasteiger partial charge in [0.25, 0.3) is 0 Å². The van der Waals surface area contributed by atoms with E-state index in [1.165, 1.54) is 24.1 Å². The Morgan fingerprint density at radius 3 is 2.67 bits per heavy atom. The molecule has 1 unspecified atom stereocenters. The van der Waals surface area contributed by atoms with Crippen LogP contribution in [0, 0.1) is 12.8 Å². The van der Waals surface area contributed by atoms with Crippen molar-refractivity contribution in [3.63, 3.8) is 0 Å². The maximum absolute atomic E-state index is 5.97. The number of rotatable bonds is 7. The number of nitrogens with one attached hydrogen (secondary N) is 1. The Bertz CT molecular complexity index is 575. The molecule has 1 aliphatic rings. The van der Waals surface area contributed by atoms with E-state index < -0.39 is 0 Å². The van der Waals surface area contributed by atoms with Crippen LogP contribution in [0.25, 0.3) is 0 Å². The minimum atomic E-state index is 0.591. The Morgan fingerprint density at radius 1 is 1.29 bits per heavy atom. The van der Waals surface area contributed by atoms with Gasteiger partial charge in [0.05, 0.1) is 10.7 Å². The Labute approximate surface area is 135 Å². The van der Waals surface area contributed by atoms with E-state index in [1.54, 1.807) is 11.3 Å². The van der Waals surface area contributed by atoms with Crippen LogP contribution >= 0.6 is 22.9 Å². The molecule has 0 spiro atoms. The summed E-state index contributed by atoms with van der Waals surface area (Å²) in [5.41, 5.74) is 2.59. The fourth-order valence-electron chi connectivity index (χ4n) is 2.59. The van der Waals surface area contributed by atoms with Gasteiger partial charge in [-0.05, 0) is 62.8 Å². The van der Waals surface area contributed by atoms with E-state index in [9.17, 15) is 0 Å². The lowest BCUT2D eigenvalue weighted by Crippen LogP contribution is -2.27. The second-order valence-corrected chi connectivity index (χ2v) is 7.44. The van der Waals surface area contributed by atoms with E-state index in [0.717, 1.165) is 35.5 Å². The Morgan fingerprint density at radius 2 is 2.05 bits per heavy atom. The molecule has 1 fully saturated rings. The number of benzene rings is 1. The summed E-state index contributed by atoms with van der Waals surface area (Å²) in [5, 5.41) is 7.83.